The lowest BCUT2D eigenvalue weighted by Gasteiger charge is -2.08. The van der Waals surface area contributed by atoms with E-state index in [1.165, 1.54) is 6.21 Å². The van der Waals surface area contributed by atoms with Crippen LogP contribution in [0.4, 0.5) is 0 Å². The van der Waals surface area contributed by atoms with Gasteiger partial charge in [-0.25, -0.2) is 4.98 Å². The van der Waals surface area contributed by atoms with Crippen molar-refractivity contribution in [3.8, 4) is 5.69 Å². The van der Waals surface area contributed by atoms with Crippen LogP contribution in [0.2, 0.25) is 0 Å². The van der Waals surface area contributed by atoms with Gasteiger partial charge in [-0.05, 0) is 47.5 Å². The minimum absolute atomic E-state index is 0.480. The Bertz CT molecular complexity index is 1070. The lowest BCUT2D eigenvalue weighted by molar-refractivity contribution is 0.104. The number of oxime groups is 1. The molecule has 1 N–H and O–H groups in total. The maximum absolute atomic E-state index is 8.68. The zero-order valence-corrected chi connectivity index (χ0v) is 14.6. The Kier molecular flexibility index (Phi) is 4.89. The van der Waals surface area contributed by atoms with Gasteiger partial charge in [-0.15, -0.1) is 0 Å². The molecular weight excluding hydrogens is 340 g/mol. The molecule has 0 saturated carbocycles. The van der Waals surface area contributed by atoms with Crippen LogP contribution in [0.1, 0.15) is 16.8 Å². The summed E-state index contributed by atoms with van der Waals surface area (Å²) in [6.45, 7) is 0.989. The molecule has 0 atom stereocenters. The van der Waals surface area contributed by atoms with Gasteiger partial charge in [0.2, 0.25) is 0 Å². The van der Waals surface area contributed by atoms with E-state index in [2.05, 4.69) is 21.2 Å². The van der Waals surface area contributed by atoms with Crippen molar-refractivity contribution in [1.29, 1.82) is 0 Å². The standard InChI is InChI=1S/C21H18N4O2/c26-24-12-16-7-8-21-20(11-16)23-15-25(21)19-6-3-4-17(10-19)13-27-14-18-5-1-2-9-22-18/h1-12,15,26H,13-14H2/b24-12+. The van der Waals surface area contributed by atoms with Crippen molar-refractivity contribution in [3.05, 3.63) is 90.0 Å². The van der Waals surface area contributed by atoms with E-state index in [1.807, 2.05) is 59.2 Å². The highest BCUT2D eigenvalue weighted by Gasteiger charge is 2.06. The molecule has 0 fully saturated rings. The van der Waals surface area contributed by atoms with Gasteiger partial charge in [0.1, 0.15) is 6.33 Å². The van der Waals surface area contributed by atoms with Crippen LogP contribution in [0, 0.1) is 0 Å². The molecule has 4 rings (SSSR count). The number of aromatic nitrogens is 3. The number of ether oxygens (including phenoxy) is 1. The molecule has 0 bridgehead atoms. The Morgan fingerprint density at radius 1 is 1.00 bits per heavy atom. The van der Waals surface area contributed by atoms with Gasteiger partial charge in [-0.2, -0.15) is 0 Å². The molecule has 0 aliphatic carbocycles. The van der Waals surface area contributed by atoms with Crippen LogP contribution in [0.5, 0.6) is 0 Å². The minimum Gasteiger partial charge on any atom is -0.411 e. The van der Waals surface area contributed by atoms with E-state index < -0.39 is 0 Å². The molecule has 27 heavy (non-hydrogen) atoms. The van der Waals surface area contributed by atoms with Gasteiger partial charge in [0.25, 0.3) is 0 Å². The fraction of sp³-hybridized carbons (Fsp3) is 0.0952. The second-order valence-electron chi connectivity index (χ2n) is 6.09. The third-order valence-electron chi connectivity index (χ3n) is 4.21. The summed E-state index contributed by atoms with van der Waals surface area (Å²) in [5.74, 6) is 0. The van der Waals surface area contributed by atoms with E-state index in [-0.39, 0.29) is 0 Å². The Labute approximate surface area is 156 Å². The van der Waals surface area contributed by atoms with E-state index in [0.29, 0.717) is 13.2 Å². The molecule has 2 aromatic carbocycles. The molecular formula is C21H18N4O2. The van der Waals surface area contributed by atoms with E-state index in [4.69, 9.17) is 9.94 Å². The molecule has 0 aliphatic heterocycles. The van der Waals surface area contributed by atoms with E-state index >= 15 is 0 Å². The Balaban J connectivity index is 1.53. The van der Waals surface area contributed by atoms with E-state index in [1.54, 1.807) is 12.5 Å². The first-order valence-electron chi connectivity index (χ1n) is 8.55. The summed E-state index contributed by atoms with van der Waals surface area (Å²) in [6, 6.07) is 19.7. The largest absolute Gasteiger partial charge is 0.411 e. The highest BCUT2D eigenvalue weighted by Crippen LogP contribution is 2.20. The molecule has 0 aliphatic rings. The van der Waals surface area contributed by atoms with Crippen molar-refractivity contribution in [2.45, 2.75) is 13.2 Å². The van der Waals surface area contributed by atoms with Gasteiger partial charge in [0.05, 0.1) is 36.2 Å². The highest BCUT2D eigenvalue weighted by atomic mass is 16.5. The van der Waals surface area contributed by atoms with Crippen molar-refractivity contribution in [2.24, 2.45) is 5.16 Å². The zero-order chi connectivity index (χ0) is 18.5. The third-order valence-corrected chi connectivity index (χ3v) is 4.21. The second kappa shape index (κ2) is 7.80. The molecule has 6 nitrogen and oxygen atoms in total. The maximum Gasteiger partial charge on any atom is 0.100 e. The molecule has 0 unspecified atom stereocenters. The van der Waals surface area contributed by atoms with Crippen molar-refractivity contribution in [2.75, 3.05) is 0 Å². The molecule has 0 amide bonds. The molecule has 4 aromatic rings. The molecule has 0 radical (unpaired) electrons. The number of rotatable bonds is 6. The highest BCUT2D eigenvalue weighted by molar-refractivity contribution is 5.87. The summed E-state index contributed by atoms with van der Waals surface area (Å²) >= 11 is 0. The van der Waals surface area contributed by atoms with Gasteiger partial charge in [-0.3, -0.25) is 9.55 Å². The Hall–Kier alpha value is -3.51. The number of fused-ring (bicyclic) bond motifs is 1. The minimum atomic E-state index is 0.480. The van der Waals surface area contributed by atoms with Crippen LogP contribution in [-0.4, -0.2) is 26.0 Å². The zero-order valence-electron chi connectivity index (χ0n) is 14.6. The van der Waals surface area contributed by atoms with E-state index in [0.717, 1.165) is 33.5 Å². The van der Waals surface area contributed by atoms with Crippen molar-refractivity contribution < 1.29 is 9.94 Å². The first-order valence-corrected chi connectivity index (χ1v) is 8.55. The monoisotopic (exact) mass is 358 g/mol. The van der Waals surface area contributed by atoms with Crippen LogP contribution in [0.3, 0.4) is 0 Å². The van der Waals surface area contributed by atoms with Crippen molar-refractivity contribution >= 4 is 17.2 Å². The molecule has 0 spiro atoms. The third kappa shape index (κ3) is 3.86. The van der Waals surface area contributed by atoms with Gasteiger partial charge >= 0.3 is 0 Å². The van der Waals surface area contributed by atoms with Gasteiger partial charge in [0, 0.05) is 11.9 Å². The van der Waals surface area contributed by atoms with Crippen LogP contribution in [-0.2, 0) is 18.0 Å². The topological polar surface area (TPSA) is 72.5 Å². The molecule has 134 valence electrons. The average Bonchev–Trinajstić information content (AvgIpc) is 3.13. The molecule has 2 heterocycles. The summed E-state index contributed by atoms with van der Waals surface area (Å²) in [6.07, 6.45) is 4.94. The fourth-order valence-electron chi connectivity index (χ4n) is 2.94. The van der Waals surface area contributed by atoms with Crippen LogP contribution in [0.15, 0.2) is 78.3 Å². The smallest absolute Gasteiger partial charge is 0.100 e. The Morgan fingerprint density at radius 2 is 1.96 bits per heavy atom. The number of benzene rings is 2. The van der Waals surface area contributed by atoms with Crippen LogP contribution >= 0.6 is 0 Å². The summed E-state index contributed by atoms with van der Waals surface area (Å²) in [7, 11) is 0. The van der Waals surface area contributed by atoms with Gasteiger partial charge < -0.3 is 9.94 Å². The SMILES string of the molecule is O/N=C/c1ccc2c(c1)ncn2-c1cccc(COCc2ccccn2)c1. The number of nitrogens with zero attached hydrogens (tertiary/aromatic N) is 4. The van der Waals surface area contributed by atoms with Crippen LogP contribution in [0.25, 0.3) is 16.7 Å². The normalized spacial score (nSPS) is 11.4. The fourth-order valence-corrected chi connectivity index (χ4v) is 2.94. The summed E-state index contributed by atoms with van der Waals surface area (Å²) in [5, 5.41) is 11.7. The predicted octanol–water partition coefficient (Wildman–Crippen LogP) is 3.95. The average molecular weight is 358 g/mol. The maximum atomic E-state index is 8.68. The summed E-state index contributed by atoms with van der Waals surface area (Å²) in [4.78, 5) is 8.71. The van der Waals surface area contributed by atoms with Crippen molar-refractivity contribution in [3.63, 3.8) is 0 Å². The molecule has 6 heteroatoms. The molecule has 0 saturated heterocycles. The lowest BCUT2D eigenvalue weighted by Crippen LogP contribution is -1.98. The second-order valence-corrected chi connectivity index (χ2v) is 6.09. The predicted molar refractivity (Wildman–Crippen MR) is 103 cm³/mol. The quantitative estimate of drug-likeness (QED) is 0.322. The van der Waals surface area contributed by atoms with Gasteiger partial charge in [-0.1, -0.05) is 29.4 Å². The summed E-state index contributed by atoms with van der Waals surface area (Å²) in [5.41, 5.74) is 5.62. The first kappa shape index (κ1) is 16.9. The van der Waals surface area contributed by atoms with Gasteiger partial charge in [0.15, 0.2) is 0 Å². The lowest BCUT2D eigenvalue weighted by atomic mass is 10.2. The Morgan fingerprint density at radius 3 is 2.81 bits per heavy atom. The number of pyridine rings is 1. The number of imidazole rings is 1. The van der Waals surface area contributed by atoms with Crippen molar-refractivity contribution in [1.82, 2.24) is 14.5 Å². The first-order chi connectivity index (χ1) is 13.3. The van der Waals surface area contributed by atoms with Crippen LogP contribution < -0.4 is 0 Å². The van der Waals surface area contributed by atoms with E-state index in [9.17, 15) is 0 Å². The summed E-state index contributed by atoms with van der Waals surface area (Å²) < 4.78 is 7.81. The molecule has 2 aromatic heterocycles. The number of hydrogen-bond donors (Lipinski definition) is 1. The number of hydrogen-bond acceptors (Lipinski definition) is 5.